The highest BCUT2D eigenvalue weighted by Gasteiger charge is 2.76. The van der Waals surface area contributed by atoms with E-state index in [1.807, 2.05) is 0 Å². The van der Waals surface area contributed by atoms with E-state index >= 15 is 0 Å². The van der Waals surface area contributed by atoms with Crippen LogP contribution in [0.3, 0.4) is 0 Å². The standard InChI is InChI=1S/C7H5F3O3/c8-6(5(11)12)3-1-2-4(13-3)7(6,9)10/h1-4H,(H,11,12). The Morgan fingerprint density at radius 1 is 1.31 bits per heavy atom. The van der Waals surface area contributed by atoms with Gasteiger partial charge in [0.2, 0.25) is 0 Å². The molecule has 2 bridgehead atoms. The quantitative estimate of drug-likeness (QED) is 0.626. The van der Waals surface area contributed by atoms with E-state index in [1.165, 1.54) is 0 Å². The van der Waals surface area contributed by atoms with E-state index in [1.54, 1.807) is 0 Å². The number of carboxylic acid groups (broad SMARTS) is 1. The van der Waals surface area contributed by atoms with Crippen LogP contribution in [0.4, 0.5) is 13.2 Å². The van der Waals surface area contributed by atoms with Gasteiger partial charge in [-0.05, 0) is 0 Å². The van der Waals surface area contributed by atoms with E-state index in [-0.39, 0.29) is 0 Å². The van der Waals surface area contributed by atoms with Crippen molar-refractivity contribution in [2.24, 2.45) is 0 Å². The second-order valence-electron chi connectivity index (χ2n) is 3.00. The molecule has 0 aromatic heterocycles. The van der Waals surface area contributed by atoms with E-state index in [4.69, 9.17) is 5.11 Å². The first kappa shape index (κ1) is 8.55. The minimum atomic E-state index is -3.99. The van der Waals surface area contributed by atoms with Crippen LogP contribution in [-0.2, 0) is 9.53 Å². The Kier molecular flexibility index (Phi) is 1.36. The van der Waals surface area contributed by atoms with Crippen molar-refractivity contribution in [2.75, 3.05) is 0 Å². The molecule has 13 heavy (non-hydrogen) atoms. The van der Waals surface area contributed by atoms with E-state index < -0.39 is 29.8 Å². The maximum atomic E-state index is 13.4. The number of carbonyl (C=O) groups is 1. The van der Waals surface area contributed by atoms with Crippen LogP contribution in [0.25, 0.3) is 0 Å². The second kappa shape index (κ2) is 2.06. The number of aliphatic carboxylic acids is 1. The topological polar surface area (TPSA) is 46.5 Å². The predicted octanol–water partition coefficient (Wildman–Crippen LogP) is 0.752. The molecule has 2 rings (SSSR count). The van der Waals surface area contributed by atoms with E-state index in [2.05, 4.69) is 4.74 Å². The normalized spacial score (nSPS) is 45.5. The monoisotopic (exact) mass is 194 g/mol. The number of carboxylic acids is 1. The lowest BCUT2D eigenvalue weighted by Gasteiger charge is -2.27. The Morgan fingerprint density at radius 3 is 2.15 bits per heavy atom. The predicted molar refractivity (Wildman–Crippen MR) is 34.2 cm³/mol. The summed E-state index contributed by atoms with van der Waals surface area (Å²) in [4.78, 5) is 10.4. The zero-order valence-corrected chi connectivity index (χ0v) is 6.21. The van der Waals surface area contributed by atoms with Crippen LogP contribution in [0, 0.1) is 0 Å². The average molecular weight is 194 g/mol. The summed E-state index contributed by atoms with van der Waals surface area (Å²) in [6.07, 6.45) is -1.44. The molecule has 0 radical (unpaired) electrons. The first-order valence-corrected chi connectivity index (χ1v) is 3.54. The van der Waals surface area contributed by atoms with Crippen molar-refractivity contribution in [3.63, 3.8) is 0 Å². The first-order valence-electron chi connectivity index (χ1n) is 3.54. The summed E-state index contributed by atoms with van der Waals surface area (Å²) in [6.45, 7) is 0. The smallest absolute Gasteiger partial charge is 0.351 e. The van der Waals surface area contributed by atoms with Crippen LogP contribution in [0.1, 0.15) is 0 Å². The lowest BCUT2D eigenvalue weighted by atomic mass is 9.87. The fraction of sp³-hybridized carbons (Fsp3) is 0.571. The molecular weight excluding hydrogens is 189 g/mol. The molecule has 0 aromatic carbocycles. The molecule has 72 valence electrons. The molecule has 3 atom stereocenters. The molecule has 6 heteroatoms. The molecule has 2 aliphatic heterocycles. The molecule has 0 aromatic rings. The van der Waals surface area contributed by atoms with Crippen LogP contribution < -0.4 is 0 Å². The number of alkyl halides is 3. The Balaban J connectivity index is 2.50. The van der Waals surface area contributed by atoms with Gasteiger partial charge in [-0.2, -0.15) is 8.78 Å². The van der Waals surface area contributed by atoms with Crippen molar-refractivity contribution in [1.82, 2.24) is 0 Å². The van der Waals surface area contributed by atoms with Crippen molar-refractivity contribution in [3.05, 3.63) is 12.2 Å². The lowest BCUT2D eigenvalue weighted by Crippen LogP contribution is -2.56. The van der Waals surface area contributed by atoms with Crippen LogP contribution in [0.5, 0.6) is 0 Å². The summed E-state index contributed by atoms with van der Waals surface area (Å²) in [5, 5.41) is 8.36. The maximum Gasteiger partial charge on any atom is 0.351 e. The van der Waals surface area contributed by atoms with E-state index in [9.17, 15) is 18.0 Å². The fourth-order valence-corrected chi connectivity index (χ4v) is 1.54. The SMILES string of the molecule is O=C(O)C1(F)C2C=CC(O2)C1(F)F. The van der Waals surface area contributed by atoms with Gasteiger partial charge in [0, 0.05) is 0 Å². The van der Waals surface area contributed by atoms with E-state index in [0.717, 1.165) is 12.2 Å². The first-order chi connectivity index (χ1) is 5.90. The van der Waals surface area contributed by atoms with Gasteiger partial charge in [-0.15, -0.1) is 0 Å². The third-order valence-corrected chi connectivity index (χ3v) is 2.30. The molecular formula is C7H5F3O3. The molecule has 1 saturated heterocycles. The Hall–Kier alpha value is -1.04. The maximum absolute atomic E-state index is 13.4. The summed E-state index contributed by atoms with van der Waals surface area (Å²) in [7, 11) is 0. The number of ether oxygens (including phenoxy) is 1. The highest BCUT2D eigenvalue weighted by atomic mass is 19.3. The van der Waals surface area contributed by atoms with Gasteiger partial charge in [0.15, 0.2) is 0 Å². The van der Waals surface area contributed by atoms with Gasteiger partial charge >= 0.3 is 17.6 Å². The minimum Gasteiger partial charge on any atom is -0.479 e. The van der Waals surface area contributed by atoms with Gasteiger partial charge in [-0.3, -0.25) is 0 Å². The van der Waals surface area contributed by atoms with Crippen LogP contribution in [0.15, 0.2) is 12.2 Å². The average Bonchev–Trinajstić information content (AvgIpc) is 2.54. The third-order valence-electron chi connectivity index (χ3n) is 2.30. The number of hydrogen-bond acceptors (Lipinski definition) is 2. The largest absolute Gasteiger partial charge is 0.479 e. The molecule has 1 fully saturated rings. The van der Waals surface area contributed by atoms with Crippen LogP contribution >= 0.6 is 0 Å². The summed E-state index contributed by atoms with van der Waals surface area (Å²) in [5.41, 5.74) is -3.62. The van der Waals surface area contributed by atoms with Crippen molar-refractivity contribution < 1.29 is 27.8 Å². The van der Waals surface area contributed by atoms with Gasteiger partial charge in [-0.1, -0.05) is 12.2 Å². The Bertz CT molecular complexity index is 301. The molecule has 0 aliphatic carbocycles. The molecule has 3 nitrogen and oxygen atoms in total. The highest BCUT2D eigenvalue weighted by molar-refractivity contribution is 5.81. The number of fused-ring (bicyclic) bond motifs is 2. The Morgan fingerprint density at radius 2 is 1.85 bits per heavy atom. The number of halogens is 3. The van der Waals surface area contributed by atoms with Crippen molar-refractivity contribution >= 4 is 5.97 Å². The number of rotatable bonds is 1. The number of hydrogen-bond donors (Lipinski definition) is 1. The van der Waals surface area contributed by atoms with Crippen LogP contribution in [-0.4, -0.2) is 34.9 Å². The summed E-state index contributed by atoms with van der Waals surface area (Å²) < 4.78 is 43.8. The molecule has 2 aliphatic rings. The minimum absolute atomic E-state index is 0.978. The molecule has 2 heterocycles. The molecule has 0 spiro atoms. The molecule has 1 N–H and O–H groups in total. The zero-order valence-electron chi connectivity index (χ0n) is 6.21. The van der Waals surface area contributed by atoms with Gasteiger partial charge < -0.3 is 9.84 Å². The van der Waals surface area contributed by atoms with Crippen molar-refractivity contribution in [3.8, 4) is 0 Å². The molecule has 3 unspecified atom stereocenters. The van der Waals surface area contributed by atoms with Gasteiger partial charge in [0.1, 0.15) is 12.2 Å². The Labute approximate surface area is 70.8 Å². The molecule has 0 saturated carbocycles. The van der Waals surface area contributed by atoms with Gasteiger partial charge in [0.05, 0.1) is 0 Å². The summed E-state index contributed by atoms with van der Waals surface area (Å²) >= 11 is 0. The highest BCUT2D eigenvalue weighted by Crippen LogP contribution is 2.51. The zero-order chi connectivity index (χ0) is 9.85. The van der Waals surface area contributed by atoms with Gasteiger partial charge in [0.25, 0.3) is 0 Å². The van der Waals surface area contributed by atoms with Gasteiger partial charge in [-0.25, -0.2) is 9.18 Å². The second-order valence-corrected chi connectivity index (χ2v) is 3.00. The van der Waals surface area contributed by atoms with Crippen molar-refractivity contribution in [1.29, 1.82) is 0 Å². The van der Waals surface area contributed by atoms with Crippen LogP contribution in [0.2, 0.25) is 0 Å². The third kappa shape index (κ3) is 0.720. The lowest BCUT2D eigenvalue weighted by molar-refractivity contribution is -0.178. The van der Waals surface area contributed by atoms with E-state index in [0.29, 0.717) is 0 Å². The summed E-state index contributed by atoms with van der Waals surface area (Å²) in [6, 6.07) is 0. The fourth-order valence-electron chi connectivity index (χ4n) is 1.54. The van der Waals surface area contributed by atoms with Crippen molar-refractivity contribution in [2.45, 2.75) is 23.8 Å². The summed E-state index contributed by atoms with van der Waals surface area (Å²) in [5.74, 6) is -6.17. The molecule has 0 amide bonds.